The number of phenols is 2. The Kier molecular flexibility index (Phi) is 10.7. The first-order valence-electron chi connectivity index (χ1n) is 21.6. The molecule has 4 aromatic rings. The van der Waals surface area contributed by atoms with Crippen molar-refractivity contribution >= 4 is 28.2 Å². The zero-order chi connectivity index (χ0) is 40.8. The van der Waals surface area contributed by atoms with Gasteiger partial charge in [-0.05, 0) is 139 Å². The predicted octanol–water partition coefficient (Wildman–Crippen LogP) is 8.94. The number of aromatic amines is 1. The largest absolute Gasteiger partial charge is 0.504 e. The molecule has 3 saturated carbocycles. The predicted molar refractivity (Wildman–Crippen MR) is 225 cm³/mol. The zero-order valence-electron chi connectivity index (χ0n) is 34.1. The molecule has 2 heterocycles. The summed E-state index contributed by atoms with van der Waals surface area (Å²) < 4.78 is 17.3. The van der Waals surface area contributed by atoms with Crippen LogP contribution in [-0.2, 0) is 27.2 Å². The number of methoxy groups -OCH3 is 2. The third kappa shape index (κ3) is 7.39. The molecule has 9 rings (SSSR count). The molecule has 59 heavy (non-hydrogen) atoms. The molecule has 1 aliphatic heterocycles. The molecule has 1 aromatic heterocycles. The number of aliphatic hydroxyl groups excluding tert-OH is 1. The van der Waals surface area contributed by atoms with Crippen LogP contribution in [0.3, 0.4) is 0 Å². The lowest BCUT2D eigenvalue weighted by molar-refractivity contribution is -0.149. The van der Waals surface area contributed by atoms with E-state index in [1.54, 1.807) is 19.2 Å². The van der Waals surface area contributed by atoms with Crippen molar-refractivity contribution in [2.24, 2.45) is 29.1 Å². The van der Waals surface area contributed by atoms with E-state index >= 15 is 0 Å². The Bertz CT molecular complexity index is 2360. The van der Waals surface area contributed by atoms with Crippen LogP contribution in [0.2, 0.25) is 0 Å². The van der Waals surface area contributed by atoms with Gasteiger partial charge in [0.1, 0.15) is 18.3 Å². The van der Waals surface area contributed by atoms with Crippen molar-refractivity contribution < 1.29 is 39.1 Å². The number of hydrogen-bond donors (Lipinski definition) is 4. The summed E-state index contributed by atoms with van der Waals surface area (Å²) in [5.74, 6) is 7.41. The fourth-order valence-corrected chi connectivity index (χ4v) is 12.2. The van der Waals surface area contributed by atoms with Crippen LogP contribution in [0.15, 0.2) is 60.7 Å². The minimum absolute atomic E-state index is 0.00862. The second-order valence-electron chi connectivity index (χ2n) is 17.9. The molecular formula is C50H55NO8. The topological polar surface area (TPSA) is 138 Å². The SMILES string of the molecule is COc1cc(CCC2CC(=O)CC3c4cc(OC)c(O)cc4C(=CC4CC5(CCCC5)C5CC(O)CCC5C43)c3[nH]c4ccccc4c3CC#CCC(=O)O2)ccc1O. The number of para-hydroxylation sites is 1. The molecule has 4 N–H and O–H groups in total. The van der Waals surface area contributed by atoms with E-state index in [1.807, 2.05) is 30.3 Å². The number of phenolic OH excluding ortho intramolecular Hbond substituents is 2. The molecule has 7 atom stereocenters. The lowest BCUT2D eigenvalue weighted by atomic mass is 9.48. The summed E-state index contributed by atoms with van der Waals surface area (Å²) in [6.07, 6.45) is 11.1. The Morgan fingerprint density at radius 3 is 2.51 bits per heavy atom. The highest BCUT2D eigenvalue weighted by Gasteiger charge is 2.57. The van der Waals surface area contributed by atoms with E-state index in [4.69, 9.17) is 14.2 Å². The molecule has 3 fully saturated rings. The first kappa shape index (κ1) is 39.3. The van der Waals surface area contributed by atoms with E-state index in [-0.39, 0.29) is 65.8 Å². The highest BCUT2D eigenvalue weighted by atomic mass is 16.5. The van der Waals surface area contributed by atoms with Crippen LogP contribution in [0.25, 0.3) is 16.5 Å². The number of allylic oxidation sites excluding steroid dienone is 1. The van der Waals surface area contributed by atoms with Gasteiger partial charge in [0, 0.05) is 35.7 Å². The molecule has 7 unspecified atom stereocenters. The molecule has 9 heteroatoms. The van der Waals surface area contributed by atoms with Gasteiger partial charge in [0.15, 0.2) is 23.0 Å². The highest BCUT2D eigenvalue weighted by molar-refractivity contribution is 5.94. The van der Waals surface area contributed by atoms with E-state index in [9.17, 15) is 24.9 Å². The molecular weight excluding hydrogens is 743 g/mol. The van der Waals surface area contributed by atoms with Gasteiger partial charge < -0.3 is 34.5 Å². The molecule has 308 valence electrons. The summed E-state index contributed by atoms with van der Waals surface area (Å²) in [7, 11) is 3.07. The van der Waals surface area contributed by atoms with Crippen molar-refractivity contribution in [1.82, 2.24) is 4.98 Å². The maximum atomic E-state index is 14.8. The van der Waals surface area contributed by atoms with E-state index in [0.29, 0.717) is 42.6 Å². The summed E-state index contributed by atoms with van der Waals surface area (Å²) in [5, 5.41) is 34.0. The van der Waals surface area contributed by atoms with Crippen molar-refractivity contribution in [2.75, 3.05) is 14.2 Å². The van der Waals surface area contributed by atoms with Crippen LogP contribution in [0.4, 0.5) is 0 Å². The molecule has 0 amide bonds. The summed E-state index contributed by atoms with van der Waals surface area (Å²) in [6, 6.07) is 17.2. The van der Waals surface area contributed by atoms with Crippen LogP contribution in [0.1, 0.15) is 111 Å². The molecule has 9 nitrogen and oxygen atoms in total. The minimum Gasteiger partial charge on any atom is -0.504 e. The molecule has 0 saturated heterocycles. The van der Waals surface area contributed by atoms with E-state index in [0.717, 1.165) is 82.9 Å². The van der Waals surface area contributed by atoms with Gasteiger partial charge in [-0.25, -0.2) is 0 Å². The third-order valence-electron chi connectivity index (χ3n) is 14.7. The van der Waals surface area contributed by atoms with Gasteiger partial charge in [0.2, 0.25) is 0 Å². The molecule has 3 aromatic carbocycles. The average molecular weight is 798 g/mol. The van der Waals surface area contributed by atoms with Crippen molar-refractivity contribution in [3.05, 3.63) is 88.6 Å². The van der Waals surface area contributed by atoms with Crippen LogP contribution in [0.5, 0.6) is 23.0 Å². The van der Waals surface area contributed by atoms with Crippen LogP contribution in [-0.4, -0.2) is 58.5 Å². The van der Waals surface area contributed by atoms with Gasteiger partial charge in [-0.3, -0.25) is 9.59 Å². The number of benzene rings is 3. The van der Waals surface area contributed by atoms with E-state index < -0.39 is 12.1 Å². The number of hydrogen-bond acceptors (Lipinski definition) is 8. The number of nitrogens with one attached hydrogen (secondary N) is 1. The summed E-state index contributed by atoms with van der Waals surface area (Å²) in [4.78, 5) is 32.0. The van der Waals surface area contributed by atoms with E-state index in [1.165, 1.54) is 20.0 Å². The maximum absolute atomic E-state index is 14.8. The second kappa shape index (κ2) is 16.1. The van der Waals surface area contributed by atoms with Gasteiger partial charge in [-0.1, -0.05) is 55.0 Å². The molecule has 1 spiro atoms. The average Bonchev–Trinajstić information content (AvgIpc) is 3.82. The number of fused-ring (bicyclic) bond motifs is 9. The Labute approximate surface area is 346 Å². The molecule has 4 aliphatic carbocycles. The zero-order valence-corrected chi connectivity index (χ0v) is 34.1. The maximum Gasteiger partial charge on any atom is 0.318 e. The number of cyclic esters (lactones) is 1. The van der Waals surface area contributed by atoms with Crippen molar-refractivity contribution in [2.45, 2.75) is 108 Å². The van der Waals surface area contributed by atoms with Gasteiger partial charge in [-0.15, -0.1) is 0 Å². The number of ketones is 1. The van der Waals surface area contributed by atoms with Gasteiger partial charge in [0.05, 0.1) is 26.0 Å². The van der Waals surface area contributed by atoms with Gasteiger partial charge in [-0.2, -0.15) is 0 Å². The lowest BCUT2D eigenvalue weighted by Gasteiger charge is -2.57. The number of ether oxygens (including phenoxy) is 3. The Balaban J connectivity index is 1.21. The smallest absolute Gasteiger partial charge is 0.318 e. The standard InChI is InChI=1S/C50H55NO8/c1-57-45-21-29(14-18-43(45)54)13-16-33-23-32(53)24-39-38-27-46(58-2)44(55)26-37(38)40(49-35(10-4-6-12-47(56)59-33)34-9-3-5-11-42(34)51-49)22-30-28-50(19-7-8-20-50)41-25-31(52)15-17-36(41)48(30)39/h3,5,9,11,14,18,21-22,26-27,30-31,33,36,39,41,48,51-52,54-55H,7-8,10,12-13,15-17,19-20,23-25,28H2,1-2H3. The quantitative estimate of drug-likeness (QED) is 0.116. The summed E-state index contributed by atoms with van der Waals surface area (Å²) in [5.41, 5.74) is 6.85. The van der Waals surface area contributed by atoms with Crippen LogP contribution < -0.4 is 9.47 Å². The highest BCUT2D eigenvalue weighted by Crippen LogP contribution is 2.65. The second-order valence-corrected chi connectivity index (χ2v) is 17.9. The number of carbonyl (C=O) groups excluding carboxylic acids is 2. The van der Waals surface area contributed by atoms with Crippen LogP contribution in [0, 0.1) is 40.9 Å². The number of aliphatic hydroxyl groups is 1. The number of rotatable bonds is 5. The fourth-order valence-electron chi connectivity index (χ4n) is 12.2. The summed E-state index contributed by atoms with van der Waals surface area (Å²) >= 11 is 0. The van der Waals surface area contributed by atoms with Crippen LogP contribution >= 0.6 is 0 Å². The van der Waals surface area contributed by atoms with E-state index in [2.05, 4.69) is 35.0 Å². The minimum atomic E-state index is -0.681. The van der Waals surface area contributed by atoms with Gasteiger partial charge >= 0.3 is 5.97 Å². The molecule has 2 bridgehead atoms. The lowest BCUT2D eigenvalue weighted by Crippen LogP contribution is -2.51. The number of aromatic nitrogens is 1. The Hall–Kier alpha value is -5.20. The normalized spacial score (nSPS) is 27.6. The fraction of sp³-hybridized carbons (Fsp3) is 0.480. The number of H-pyrrole nitrogens is 1. The monoisotopic (exact) mass is 797 g/mol. The third-order valence-corrected chi connectivity index (χ3v) is 14.7. The number of aryl methyl sites for hydroxylation is 1. The number of Topliss-reactive ketones (excluding diaryl/α,β-unsaturated/α-hetero) is 1. The van der Waals surface area contributed by atoms with Crippen molar-refractivity contribution in [3.8, 4) is 34.8 Å². The van der Waals surface area contributed by atoms with Crippen molar-refractivity contribution in [1.29, 1.82) is 0 Å². The first-order valence-corrected chi connectivity index (χ1v) is 21.6. The number of aromatic hydroxyl groups is 2. The number of carbonyl (C=O) groups is 2. The Morgan fingerprint density at radius 1 is 0.915 bits per heavy atom. The first-order chi connectivity index (χ1) is 28.6. The summed E-state index contributed by atoms with van der Waals surface area (Å²) in [6.45, 7) is 0. The van der Waals surface area contributed by atoms with Gasteiger partial charge in [0.25, 0.3) is 0 Å². The molecule has 0 radical (unpaired) electrons. The number of esters is 1. The molecule has 5 aliphatic rings. The Morgan fingerprint density at radius 2 is 1.69 bits per heavy atom. The van der Waals surface area contributed by atoms with Crippen molar-refractivity contribution in [3.63, 3.8) is 0 Å².